The Morgan fingerprint density at radius 3 is 3.00 bits per heavy atom. The minimum absolute atomic E-state index is 0.392. The Kier molecular flexibility index (Phi) is 2.33. The zero-order chi connectivity index (χ0) is 10.7. The first-order valence-electron chi connectivity index (χ1n) is 4.41. The molecule has 5 nitrogen and oxygen atoms in total. The van der Waals surface area contributed by atoms with Gasteiger partial charge in [-0.2, -0.15) is 10.4 Å². The summed E-state index contributed by atoms with van der Waals surface area (Å²) in [6.07, 6.45) is 3.53. The van der Waals surface area contributed by atoms with Gasteiger partial charge in [0.1, 0.15) is 17.6 Å². The molecule has 74 valence electrons. The number of hydrogen-bond acceptors (Lipinski definition) is 4. The van der Waals surface area contributed by atoms with E-state index in [-0.39, 0.29) is 0 Å². The van der Waals surface area contributed by atoms with Crippen molar-refractivity contribution in [2.24, 2.45) is 7.05 Å². The van der Waals surface area contributed by atoms with Crippen LogP contribution in [0.2, 0.25) is 0 Å². The van der Waals surface area contributed by atoms with Crippen LogP contribution in [0, 0.1) is 11.3 Å². The van der Waals surface area contributed by atoms with E-state index < -0.39 is 0 Å². The number of anilines is 2. The minimum atomic E-state index is 0.392. The first kappa shape index (κ1) is 9.21. The molecule has 15 heavy (non-hydrogen) atoms. The Morgan fingerprint density at radius 2 is 2.33 bits per heavy atom. The van der Waals surface area contributed by atoms with Crippen LogP contribution in [0.3, 0.4) is 0 Å². The van der Waals surface area contributed by atoms with Crippen molar-refractivity contribution in [3.05, 3.63) is 36.3 Å². The van der Waals surface area contributed by atoms with Gasteiger partial charge in [-0.1, -0.05) is 6.07 Å². The van der Waals surface area contributed by atoms with E-state index in [0.717, 1.165) is 5.69 Å². The van der Waals surface area contributed by atoms with Gasteiger partial charge in [-0.3, -0.25) is 4.68 Å². The highest BCUT2D eigenvalue weighted by Gasteiger charge is 1.99. The highest BCUT2D eigenvalue weighted by Crippen LogP contribution is 2.12. The number of aryl methyl sites for hydroxylation is 1. The average molecular weight is 199 g/mol. The molecule has 0 fully saturated rings. The molecule has 0 spiro atoms. The highest BCUT2D eigenvalue weighted by atomic mass is 15.3. The molecule has 0 bridgehead atoms. The Morgan fingerprint density at radius 1 is 1.47 bits per heavy atom. The molecule has 0 aliphatic carbocycles. The summed E-state index contributed by atoms with van der Waals surface area (Å²) in [6, 6.07) is 7.23. The predicted octanol–water partition coefficient (Wildman–Crippen LogP) is 1.43. The monoisotopic (exact) mass is 199 g/mol. The predicted molar refractivity (Wildman–Crippen MR) is 55.4 cm³/mol. The Labute approximate surface area is 87.0 Å². The van der Waals surface area contributed by atoms with E-state index in [1.165, 1.54) is 0 Å². The number of nitrogens with one attached hydrogen (secondary N) is 1. The maximum Gasteiger partial charge on any atom is 0.142 e. The van der Waals surface area contributed by atoms with Crippen LogP contribution in [0.4, 0.5) is 11.5 Å². The van der Waals surface area contributed by atoms with Crippen molar-refractivity contribution in [3.63, 3.8) is 0 Å². The standard InChI is InChI=1S/C10H9N5/c1-15-7-9(6-12-15)14-10-4-2-3-8(5-11)13-10/h2-4,6-7H,1H3,(H,13,14). The molecule has 2 aromatic heterocycles. The van der Waals surface area contributed by atoms with Gasteiger partial charge < -0.3 is 5.32 Å². The summed E-state index contributed by atoms with van der Waals surface area (Å²) in [7, 11) is 1.84. The van der Waals surface area contributed by atoms with Crippen molar-refractivity contribution < 1.29 is 0 Å². The maximum atomic E-state index is 8.68. The topological polar surface area (TPSA) is 66.5 Å². The number of pyridine rings is 1. The Balaban J connectivity index is 2.21. The third-order valence-electron chi connectivity index (χ3n) is 1.84. The van der Waals surface area contributed by atoms with Crippen LogP contribution in [0.15, 0.2) is 30.6 Å². The molecule has 0 saturated carbocycles. The fraction of sp³-hybridized carbons (Fsp3) is 0.100. The number of hydrogen-bond donors (Lipinski definition) is 1. The van der Waals surface area contributed by atoms with Gasteiger partial charge in [-0.15, -0.1) is 0 Å². The second kappa shape index (κ2) is 3.80. The molecule has 1 N–H and O–H groups in total. The van der Waals surface area contributed by atoms with Crippen molar-refractivity contribution in [1.82, 2.24) is 14.8 Å². The number of nitriles is 1. The lowest BCUT2D eigenvalue weighted by atomic mass is 10.3. The van der Waals surface area contributed by atoms with Gasteiger partial charge >= 0.3 is 0 Å². The first-order chi connectivity index (χ1) is 7.28. The summed E-state index contributed by atoms with van der Waals surface area (Å²) in [6.45, 7) is 0. The maximum absolute atomic E-state index is 8.68. The van der Waals surface area contributed by atoms with Gasteiger partial charge in [-0.05, 0) is 12.1 Å². The van der Waals surface area contributed by atoms with Crippen LogP contribution >= 0.6 is 0 Å². The van der Waals surface area contributed by atoms with Crippen molar-refractivity contribution in [3.8, 4) is 6.07 Å². The SMILES string of the molecule is Cn1cc(Nc2cccc(C#N)n2)cn1. The van der Waals surface area contributed by atoms with Gasteiger partial charge in [0.15, 0.2) is 0 Å². The van der Waals surface area contributed by atoms with E-state index in [9.17, 15) is 0 Å². The van der Waals surface area contributed by atoms with Crippen molar-refractivity contribution in [2.45, 2.75) is 0 Å². The van der Waals surface area contributed by atoms with Crippen LogP contribution in [0.1, 0.15) is 5.69 Å². The van der Waals surface area contributed by atoms with Crippen molar-refractivity contribution in [2.75, 3.05) is 5.32 Å². The van der Waals surface area contributed by atoms with Gasteiger partial charge in [0.2, 0.25) is 0 Å². The molecule has 0 aromatic carbocycles. The van der Waals surface area contributed by atoms with E-state index in [0.29, 0.717) is 11.5 Å². The van der Waals surface area contributed by atoms with E-state index in [4.69, 9.17) is 5.26 Å². The molecular weight excluding hydrogens is 190 g/mol. The van der Waals surface area contributed by atoms with Gasteiger partial charge in [0.25, 0.3) is 0 Å². The first-order valence-corrected chi connectivity index (χ1v) is 4.41. The molecule has 0 atom stereocenters. The van der Waals surface area contributed by atoms with Crippen molar-refractivity contribution >= 4 is 11.5 Å². The second-order valence-electron chi connectivity index (χ2n) is 3.05. The van der Waals surface area contributed by atoms with Gasteiger partial charge in [0, 0.05) is 13.2 Å². The normalized spacial score (nSPS) is 9.60. The van der Waals surface area contributed by atoms with E-state index in [1.54, 1.807) is 29.1 Å². The molecule has 0 unspecified atom stereocenters. The molecule has 2 rings (SSSR count). The largest absolute Gasteiger partial charge is 0.338 e. The molecule has 0 radical (unpaired) electrons. The molecule has 5 heteroatoms. The van der Waals surface area contributed by atoms with Crippen LogP contribution in [-0.2, 0) is 7.05 Å². The zero-order valence-electron chi connectivity index (χ0n) is 8.18. The van der Waals surface area contributed by atoms with Crippen LogP contribution < -0.4 is 5.32 Å². The Bertz CT molecular complexity index is 509. The fourth-order valence-corrected chi connectivity index (χ4v) is 1.20. The lowest BCUT2D eigenvalue weighted by Gasteiger charge is -2.01. The Hall–Kier alpha value is -2.35. The van der Waals surface area contributed by atoms with E-state index in [1.807, 2.05) is 19.3 Å². The lowest BCUT2D eigenvalue weighted by Crippen LogP contribution is -1.93. The third kappa shape index (κ3) is 2.11. The summed E-state index contributed by atoms with van der Waals surface area (Å²) < 4.78 is 1.69. The molecule has 2 aromatic rings. The van der Waals surface area contributed by atoms with E-state index in [2.05, 4.69) is 15.4 Å². The average Bonchev–Trinajstić information content (AvgIpc) is 2.64. The van der Waals surface area contributed by atoms with Crippen molar-refractivity contribution in [1.29, 1.82) is 5.26 Å². The summed E-state index contributed by atoms with van der Waals surface area (Å²) in [4.78, 5) is 4.09. The zero-order valence-corrected chi connectivity index (χ0v) is 8.18. The summed E-state index contributed by atoms with van der Waals surface area (Å²) in [5.41, 5.74) is 1.24. The van der Waals surface area contributed by atoms with Gasteiger partial charge in [0.05, 0.1) is 11.9 Å². The van der Waals surface area contributed by atoms with Crippen LogP contribution in [-0.4, -0.2) is 14.8 Å². The third-order valence-corrected chi connectivity index (χ3v) is 1.84. The number of aromatic nitrogens is 3. The molecular formula is C10H9N5. The fourth-order valence-electron chi connectivity index (χ4n) is 1.20. The van der Waals surface area contributed by atoms with E-state index >= 15 is 0 Å². The number of rotatable bonds is 2. The molecule has 2 heterocycles. The summed E-state index contributed by atoms with van der Waals surface area (Å²) >= 11 is 0. The second-order valence-corrected chi connectivity index (χ2v) is 3.05. The van der Waals surface area contributed by atoms with Crippen LogP contribution in [0.25, 0.3) is 0 Å². The molecule has 0 aliphatic rings. The lowest BCUT2D eigenvalue weighted by molar-refractivity contribution is 0.768. The highest BCUT2D eigenvalue weighted by molar-refractivity contribution is 5.54. The summed E-state index contributed by atoms with van der Waals surface area (Å²) in [5, 5.41) is 15.7. The van der Waals surface area contributed by atoms with Crippen LogP contribution in [0.5, 0.6) is 0 Å². The molecule has 0 saturated heterocycles. The van der Waals surface area contributed by atoms with Gasteiger partial charge in [-0.25, -0.2) is 4.98 Å². The molecule has 0 aliphatic heterocycles. The summed E-state index contributed by atoms with van der Waals surface area (Å²) in [5.74, 6) is 0.641. The smallest absolute Gasteiger partial charge is 0.142 e. The number of nitrogens with zero attached hydrogens (tertiary/aromatic N) is 4. The minimum Gasteiger partial charge on any atom is -0.338 e. The quantitative estimate of drug-likeness (QED) is 0.794. The molecule has 0 amide bonds.